The van der Waals surface area contributed by atoms with E-state index >= 15 is 0 Å². The summed E-state index contributed by atoms with van der Waals surface area (Å²) in [5, 5.41) is 2.78. The number of benzene rings is 1. The van der Waals surface area contributed by atoms with Gasteiger partial charge in [0.25, 0.3) is 0 Å². The normalized spacial score (nSPS) is 20.9. The van der Waals surface area contributed by atoms with Crippen molar-refractivity contribution in [3.63, 3.8) is 0 Å². The Balaban J connectivity index is 1.43. The number of hydrogen-bond acceptors (Lipinski definition) is 6. The first-order chi connectivity index (χ1) is 14.8. The van der Waals surface area contributed by atoms with E-state index in [2.05, 4.69) is 29.2 Å². The number of unbranched alkanes of at least 4 members (excludes halogenated alkanes) is 1. The second-order valence-electron chi connectivity index (χ2n) is 8.70. The lowest BCUT2D eigenvalue weighted by Gasteiger charge is -2.30. The third-order valence-corrected chi connectivity index (χ3v) is 8.15. The number of nitrogens with one attached hydrogen (secondary N) is 1. The molecule has 2 fully saturated rings. The van der Waals surface area contributed by atoms with Gasteiger partial charge in [-0.3, -0.25) is 5.32 Å². The first-order valence-electron chi connectivity index (χ1n) is 11.3. The number of sulfonamides is 1. The molecule has 0 aromatic heterocycles. The Morgan fingerprint density at radius 2 is 1.81 bits per heavy atom. The van der Waals surface area contributed by atoms with Crippen LogP contribution in [-0.4, -0.2) is 81.9 Å². The van der Waals surface area contributed by atoms with Crippen LogP contribution in [0, 0.1) is 0 Å². The Bertz CT molecular complexity index is 820. The van der Waals surface area contributed by atoms with Crippen LogP contribution in [0.15, 0.2) is 24.3 Å². The summed E-state index contributed by atoms with van der Waals surface area (Å²) in [6.45, 7) is 4.83. The summed E-state index contributed by atoms with van der Waals surface area (Å²) in [6.07, 6.45) is 2.98. The van der Waals surface area contributed by atoms with Gasteiger partial charge in [-0.15, -0.1) is 0 Å². The highest BCUT2D eigenvalue weighted by Crippen LogP contribution is 2.24. The van der Waals surface area contributed by atoms with Crippen LogP contribution in [0.25, 0.3) is 0 Å². The molecule has 0 spiro atoms. The number of carbonyl (C=O) groups excluding carboxylic acids is 1. The molecule has 31 heavy (non-hydrogen) atoms. The van der Waals surface area contributed by atoms with E-state index < -0.39 is 16.1 Å². The van der Waals surface area contributed by atoms with Crippen LogP contribution in [0.2, 0.25) is 0 Å². The number of carbonyl (C=O) groups is 1. The zero-order valence-electron chi connectivity index (χ0n) is 18.9. The lowest BCUT2D eigenvalue weighted by molar-refractivity contribution is 0.0774. The first kappa shape index (κ1) is 23.8. The van der Waals surface area contributed by atoms with Crippen molar-refractivity contribution in [1.82, 2.24) is 9.21 Å². The topological polar surface area (TPSA) is 82.2 Å². The van der Waals surface area contributed by atoms with Gasteiger partial charge in [0.15, 0.2) is 0 Å². The molecule has 2 heterocycles. The zero-order chi connectivity index (χ0) is 22.4. The molecule has 1 unspecified atom stereocenters. The van der Waals surface area contributed by atoms with Crippen molar-refractivity contribution in [2.45, 2.75) is 51.2 Å². The maximum atomic E-state index is 12.3. The number of nitrogens with zero attached hydrogens (tertiary/aromatic N) is 3. The molecule has 1 amide bonds. The van der Waals surface area contributed by atoms with Gasteiger partial charge in [-0.2, -0.15) is 0 Å². The van der Waals surface area contributed by atoms with E-state index in [1.54, 1.807) is 0 Å². The number of hydrogen-bond donors (Lipinski definition) is 1. The van der Waals surface area contributed by atoms with Crippen molar-refractivity contribution in [3.8, 4) is 0 Å². The van der Waals surface area contributed by atoms with E-state index in [1.165, 1.54) is 4.31 Å². The van der Waals surface area contributed by atoms with Gasteiger partial charge in [0.05, 0.1) is 5.75 Å². The highest BCUT2D eigenvalue weighted by molar-refractivity contribution is 7.89. The maximum Gasteiger partial charge on any atom is 0.411 e. The summed E-state index contributed by atoms with van der Waals surface area (Å²) in [5.74, 6) is 0.193. The van der Waals surface area contributed by atoms with E-state index in [4.69, 9.17) is 4.74 Å². The second kappa shape index (κ2) is 10.7. The molecule has 1 N–H and O–H groups in total. The summed E-state index contributed by atoms with van der Waals surface area (Å²) in [7, 11) is 1.03. The number of rotatable bonds is 8. The van der Waals surface area contributed by atoms with Crippen LogP contribution in [0.1, 0.15) is 39.0 Å². The second-order valence-corrected chi connectivity index (χ2v) is 10.8. The highest BCUT2D eigenvalue weighted by atomic mass is 32.2. The maximum absolute atomic E-state index is 12.3. The molecular weight excluding hydrogens is 416 g/mol. The third-order valence-electron chi connectivity index (χ3n) is 6.20. The van der Waals surface area contributed by atoms with Crippen LogP contribution in [0.3, 0.4) is 0 Å². The number of piperidine rings is 1. The smallest absolute Gasteiger partial charge is 0.411 e. The fourth-order valence-electron chi connectivity index (χ4n) is 4.14. The van der Waals surface area contributed by atoms with Gasteiger partial charge in [-0.1, -0.05) is 13.3 Å². The molecule has 1 aromatic rings. The molecule has 1 aromatic carbocycles. The van der Waals surface area contributed by atoms with Crippen LogP contribution < -0.4 is 10.2 Å². The number of likely N-dealkylation sites (N-methyl/N-ethyl adjacent to an activating group) is 1. The van der Waals surface area contributed by atoms with Gasteiger partial charge >= 0.3 is 6.09 Å². The molecule has 3 rings (SSSR count). The first-order valence-corrected chi connectivity index (χ1v) is 12.9. The quantitative estimate of drug-likeness (QED) is 0.653. The van der Waals surface area contributed by atoms with Crippen molar-refractivity contribution >= 4 is 27.5 Å². The molecule has 0 bridgehead atoms. The zero-order valence-corrected chi connectivity index (χ0v) is 19.7. The molecule has 0 aliphatic carbocycles. The van der Waals surface area contributed by atoms with Crippen molar-refractivity contribution in [2.75, 3.05) is 56.2 Å². The molecule has 0 saturated carbocycles. The summed E-state index contributed by atoms with van der Waals surface area (Å²) < 4.78 is 31.6. The summed E-state index contributed by atoms with van der Waals surface area (Å²) in [6, 6.07) is 8.40. The van der Waals surface area contributed by atoms with Crippen molar-refractivity contribution in [2.24, 2.45) is 0 Å². The Labute approximate surface area is 186 Å². The SMILES string of the molecule is CCCCS(=O)(=O)N1CCC(OC(=O)Nc2ccc(N3CCC(N(C)C)C3)cc2)CC1. The van der Waals surface area contributed by atoms with E-state index in [9.17, 15) is 13.2 Å². The molecule has 174 valence electrons. The largest absolute Gasteiger partial charge is 0.446 e. The molecule has 2 aliphatic heterocycles. The van der Waals surface area contributed by atoms with E-state index in [-0.39, 0.29) is 11.9 Å². The van der Waals surface area contributed by atoms with Gasteiger partial charge in [-0.25, -0.2) is 17.5 Å². The Hall–Kier alpha value is -1.84. The van der Waals surface area contributed by atoms with Gasteiger partial charge in [0, 0.05) is 43.6 Å². The molecule has 2 saturated heterocycles. The average Bonchev–Trinajstić information content (AvgIpc) is 3.24. The minimum atomic E-state index is -3.19. The van der Waals surface area contributed by atoms with Gasteiger partial charge < -0.3 is 14.5 Å². The molecule has 0 radical (unpaired) electrons. The highest BCUT2D eigenvalue weighted by Gasteiger charge is 2.29. The molecule has 9 heteroatoms. The van der Waals surface area contributed by atoms with Gasteiger partial charge in [-0.05, 0) is 64.0 Å². The summed E-state index contributed by atoms with van der Waals surface area (Å²) in [5.41, 5.74) is 1.84. The van der Waals surface area contributed by atoms with Crippen molar-refractivity contribution < 1.29 is 17.9 Å². The number of amides is 1. The summed E-state index contributed by atoms with van der Waals surface area (Å²) >= 11 is 0. The minimum absolute atomic E-state index is 0.193. The average molecular weight is 453 g/mol. The molecular formula is C22H36N4O4S. The number of anilines is 2. The van der Waals surface area contributed by atoms with Crippen LogP contribution in [-0.2, 0) is 14.8 Å². The van der Waals surface area contributed by atoms with E-state index in [1.807, 2.05) is 31.2 Å². The standard InChI is InChI=1S/C22H36N4O4S/c1-4-5-16-31(28,29)26-14-11-21(12-15-26)30-22(27)23-18-6-8-19(9-7-18)25-13-10-20(17-25)24(2)3/h6-9,20-21H,4-5,10-17H2,1-3H3,(H,23,27). The Morgan fingerprint density at radius 3 is 2.39 bits per heavy atom. The predicted octanol–water partition coefficient (Wildman–Crippen LogP) is 2.97. The van der Waals surface area contributed by atoms with Crippen molar-refractivity contribution in [1.29, 1.82) is 0 Å². The van der Waals surface area contributed by atoms with E-state index in [0.717, 1.165) is 31.6 Å². The van der Waals surface area contributed by atoms with Crippen LogP contribution >= 0.6 is 0 Å². The third kappa shape index (κ3) is 6.57. The minimum Gasteiger partial charge on any atom is -0.446 e. The lowest BCUT2D eigenvalue weighted by atomic mass is 10.1. The lowest BCUT2D eigenvalue weighted by Crippen LogP contribution is -2.42. The predicted molar refractivity (Wildman–Crippen MR) is 124 cm³/mol. The fourth-order valence-corrected chi connectivity index (χ4v) is 5.81. The Morgan fingerprint density at radius 1 is 1.13 bits per heavy atom. The monoisotopic (exact) mass is 452 g/mol. The number of ether oxygens (including phenoxy) is 1. The molecule has 8 nitrogen and oxygen atoms in total. The van der Waals surface area contributed by atoms with Gasteiger partial charge in [0.2, 0.25) is 10.0 Å². The molecule has 1 atom stereocenters. The van der Waals surface area contributed by atoms with Crippen LogP contribution in [0.4, 0.5) is 16.2 Å². The van der Waals surface area contributed by atoms with Gasteiger partial charge in [0.1, 0.15) is 6.10 Å². The fraction of sp³-hybridized carbons (Fsp3) is 0.682. The van der Waals surface area contributed by atoms with Crippen molar-refractivity contribution in [3.05, 3.63) is 24.3 Å². The summed E-state index contributed by atoms with van der Waals surface area (Å²) in [4.78, 5) is 16.9. The van der Waals surface area contributed by atoms with E-state index in [0.29, 0.717) is 44.1 Å². The molecule has 2 aliphatic rings. The Kier molecular flexibility index (Phi) is 8.18. The van der Waals surface area contributed by atoms with Crippen LogP contribution in [0.5, 0.6) is 0 Å².